The van der Waals surface area contributed by atoms with E-state index in [1.807, 2.05) is 6.07 Å². The summed E-state index contributed by atoms with van der Waals surface area (Å²) in [5.41, 5.74) is 0.00573. The van der Waals surface area contributed by atoms with Gasteiger partial charge < -0.3 is 23.7 Å². The van der Waals surface area contributed by atoms with E-state index in [-0.39, 0.29) is 19.2 Å². The van der Waals surface area contributed by atoms with Crippen LogP contribution in [-0.4, -0.2) is 63.8 Å². The Bertz CT molecular complexity index is 522. The smallest absolute Gasteiger partial charge is 0.338 e. The quantitative estimate of drug-likeness (QED) is 0.413. The molecule has 0 saturated heterocycles. The molecular weight excluding hydrogens is 340 g/mol. The highest BCUT2D eigenvalue weighted by Gasteiger charge is 2.15. The molecule has 0 aliphatic heterocycles. The summed E-state index contributed by atoms with van der Waals surface area (Å²) in [6.07, 6.45) is 0. The van der Waals surface area contributed by atoms with Crippen LogP contribution in [0.15, 0.2) is 30.3 Å². The van der Waals surface area contributed by atoms with Crippen molar-refractivity contribution >= 4 is 11.9 Å². The molecule has 0 atom stereocenters. The zero-order chi connectivity index (χ0) is 19.3. The summed E-state index contributed by atoms with van der Waals surface area (Å²) < 4.78 is 25.9. The average molecular weight is 368 g/mol. The molecule has 0 aliphatic rings. The third-order valence-corrected chi connectivity index (χ3v) is 2.85. The van der Waals surface area contributed by atoms with E-state index in [1.54, 1.807) is 45.0 Å². The van der Waals surface area contributed by atoms with Crippen molar-refractivity contribution in [1.82, 2.24) is 0 Å². The fourth-order valence-corrected chi connectivity index (χ4v) is 1.82. The number of hydrogen-bond acceptors (Lipinski definition) is 7. The Morgan fingerprint density at radius 1 is 0.808 bits per heavy atom. The van der Waals surface area contributed by atoms with Crippen molar-refractivity contribution in [2.24, 2.45) is 0 Å². The molecule has 1 rings (SSSR count). The van der Waals surface area contributed by atoms with Crippen molar-refractivity contribution in [3.63, 3.8) is 0 Å². The van der Waals surface area contributed by atoms with Gasteiger partial charge in [0.15, 0.2) is 0 Å². The summed E-state index contributed by atoms with van der Waals surface area (Å²) in [6.45, 7) is 7.23. The van der Waals surface area contributed by atoms with Crippen LogP contribution >= 0.6 is 0 Å². The van der Waals surface area contributed by atoms with Gasteiger partial charge in [-0.1, -0.05) is 18.2 Å². The lowest BCUT2D eigenvalue weighted by molar-refractivity contribution is -0.160. The number of carbonyl (C=O) groups is 2. The number of hydrogen-bond donors (Lipinski definition) is 0. The predicted octanol–water partition coefficient (Wildman–Crippen LogP) is 2.23. The summed E-state index contributed by atoms with van der Waals surface area (Å²) in [7, 11) is 0. The van der Waals surface area contributed by atoms with E-state index in [4.69, 9.17) is 23.7 Å². The molecule has 0 radical (unpaired) electrons. The van der Waals surface area contributed by atoms with E-state index >= 15 is 0 Å². The molecule has 146 valence electrons. The van der Waals surface area contributed by atoms with E-state index in [0.717, 1.165) is 0 Å². The van der Waals surface area contributed by atoms with Gasteiger partial charge in [0.1, 0.15) is 18.8 Å². The Labute approximate surface area is 154 Å². The molecule has 0 amide bonds. The molecule has 0 spiro atoms. The van der Waals surface area contributed by atoms with Gasteiger partial charge in [-0.15, -0.1) is 0 Å². The topological polar surface area (TPSA) is 80.3 Å². The largest absolute Gasteiger partial charge is 0.460 e. The van der Waals surface area contributed by atoms with Crippen molar-refractivity contribution in [2.45, 2.75) is 26.4 Å². The van der Waals surface area contributed by atoms with Crippen LogP contribution in [-0.2, 0) is 28.5 Å². The average Bonchev–Trinajstić information content (AvgIpc) is 2.58. The Morgan fingerprint density at radius 2 is 1.35 bits per heavy atom. The van der Waals surface area contributed by atoms with Gasteiger partial charge in [0.05, 0.1) is 38.6 Å². The molecule has 0 aromatic heterocycles. The molecular formula is C19H28O7. The molecule has 0 unspecified atom stereocenters. The van der Waals surface area contributed by atoms with Crippen LogP contribution in [0.5, 0.6) is 0 Å². The van der Waals surface area contributed by atoms with Gasteiger partial charge in [0, 0.05) is 0 Å². The van der Waals surface area contributed by atoms with E-state index in [2.05, 4.69) is 0 Å². The first-order valence-corrected chi connectivity index (χ1v) is 8.56. The fraction of sp³-hybridized carbons (Fsp3) is 0.579. The Kier molecular flexibility index (Phi) is 10.5. The molecule has 26 heavy (non-hydrogen) atoms. The number of esters is 2. The van der Waals surface area contributed by atoms with Crippen LogP contribution in [0.25, 0.3) is 0 Å². The van der Waals surface area contributed by atoms with Gasteiger partial charge >= 0.3 is 11.9 Å². The van der Waals surface area contributed by atoms with E-state index in [9.17, 15) is 9.59 Å². The molecule has 0 aliphatic carbocycles. The highest BCUT2D eigenvalue weighted by atomic mass is 16.6. The first-order chi connectivity index (χ1) is 12.4. The monoisotopic (exact) mass is 368 g/mol. The van der Waals surface area contributed by atoms with Crippen LogP contribution in [0, 0.1) is 0 Å². The number of rotatable bonds is 12. The molecule has 7 heteroatoms. The first kappa shape index (κ1) is 22.1. The molecule has 0 fully saturated rings. The third-order valence-electron chi connectivity index (χ3n) is 2.85. The molecule has 7 nitrogen and oxygen atoms in total. The lowest BCUT2D eigenvalue weighted by Gasteiger charge is -2.19. The van der Waals surface area contributed by atoms with E-state index in [0.29, 0.717) is 38.6 Å². The number of carbonyl (C=O) groups excluding carboxylic acids is 2. The molecule has 0 N–H and O–H groups in total. The summed E-state index contributed by atoms with van der Waals surface area (Å²) in [4.78, 5) is 23.0. The van der Waals surface area contributed by atoms with Crippen LogP contribution in [0.1, 0.15) is 31.1 Å². The van der Waals surface area contributed by atoms with Gasteiger partial charge in [-0.25, -0.2) is 9.59 Å². The SMILES string of the molecule is CC(C)(C)OC(=O)COCCOCCOCCOC(=O)c1ccccc1. The standard InChI is InChI=1S/C19H28O7/c1-19(2,3)26-17(20)15-24-12-11-22-9-10-23-13-14-25-18(21)16-7-5-4-6-8-16/h4-8H,9-15H2,1-3H3. The number of benzene rings is 1. The lowest BCUT2D eigenvalue weighted by Crippen LogP contribution is -2.27. The zero-order valence-corrected chi connectivity index (χ0v) is 15.7. The maximum absolute atomic E-state index is 11.7. The second-order valence-electron chi connectivity index (χ2n) is 6.37. The second-order valence-corrected chi connectivity index (χ2v) is 6.37. The second kappa shape index (κ2) is 12.4. The third kappa shape index (κ3) is 11.6. The maximum atomic E-state index is 11.7. The predicted molar refractivity (Wildman–Crippen MR) is 95.0 cm³/mol. The Morgan fingerprint density at radius 3 is 1.92 bits per heavy atom. The fourth-order valence-electron chi connectivity index (χ4n) is 1.82. The molecule has 0 bridgehead atoms. The van der Waals surface area contributed by atoms with Gasteiger partial charge in [-0.05, 0) is 32.9 Å². The highest BCUT2D eigenvalue weighted by molar-refractivity contribution is 5.89. The van der Waals surface area contributed by atoms with Crippen molar-refractivity contribution in [3.8, 4) is 0 Å². The minimum Gasteiger partial charge on any atom is -0.460 e. The molecule has 1 aromatic carbocycles. The highest BCUT2D eigenvalue weighted by Crippen LogP contribution is 2.06. The van der Waals surface area contributed by atoms with Crippen LogP contribution in [0.2, 0.25) is 0 Å². The number of ether oxygens (including phenoxy) is 5. The Hall–Kier alpha value is -1.96. The van der Waals surface area contributed by atoms with Crippen molar-refractivity contribution in [3.05, 3.63) is 35.9 Å². The summed E-state index contributed by atoms with van der Waals surface area (Å²) in [5.74, 6) is -0.765. The van der Waals surface area contributed by atoms with Gasteiger partial charge in [0.25, 0.3) is 0 Å². The normalized spacial score (nSPS) is 11.2. The van der Waals surface area contributed by atoms with Crippen LogP contribution in [0.3, 0.4) is 0 Å². The van der Waals surface area contributed by atoms with Gasteiger partial charge in [-0.2, -0.15) is 0 Å². The molecule has 0 heterocycles. The van der Waals surface area contributed by atoms with Crippen molar-refractivity contribution in [1.29, 1.82) is 0 Å². The first-order valence-electron chi connectivity index (χ1n) is 8.56. The Balaban J connectivity index is 1.88. The summed E-state index contributed by atoms with van der Waals surface area (Å²) in [6, 6.07) is 8.79. The van der Waals surface area contributed by atoms with Crippen molar-refractivity contribution in [2.75, 3.05) is 46.2 Å². The summed E-state index contributed by atoms with van der Waals surface area (Å²) >= 11 is 0. The van der Waals surface area contributed by atoms with Gasteiger partial charge in [0.2, 0.25) is 0 Å². The van der Waals surface area contributed by atoms with Crippen LogP contribution < -0.4 is 0 Å². The zero-order valence-electron chi connectivity index (χ0n) is 15.7. The van der Waals surface area contributed by atoms with Gasteiger partial charge in [-0.3, -0.25) is 0 Å². The lowest BCUT2D eigenvalue weighted by atomic mass is 10.2. The molecule has 0 saturated carbocycles. The van der Waals surface area contributed by atoms with E-state index < -0.39 is 11.6 Å². The molecule has 1 aromatic rings. The van der Waals surface area contributed by atoms with Crippen LogP contribution in [0.4, 0.5) is 0 Å². The van der Waals surface area contributed by atoms with E-state index in [1.165, 1.54) is 0 Å². The maximum Gasteiger partial charge on any atom is 0.338 e. The van der Waals surface area contributed by atoms with Crippen molar-refractivity contribution < 1.29 is 33.3 Å². The minimum atomic E-state index is -0.510. The summed E-state index contributed by atoms with van der Waals surface area (Å²) in [5, 5.41) is 0. The minimum absolute atomic E-state index is 0.0933.